The van der Waals surface area contributed by atoms with Crippen LogP contribution in [0.3, 0.4) is 0 Å². The second-order valence-electron chi connectivity index (χ2n) is 5.97. The van der Waals surface area contributed by atoms with E-state index in [1.54, 1.807) is 18.2 Å². The molecule has 0 aliphatic heterocycles. The number of carbonyl (C=O) groups excluding carboxylic acids is 2. The van der Waals surface area contributed by atoms with Crippen molar-refractivity contribution in [2.45, 2.75) is 52.4 Å². The summed E-state index contributed by atoms with van der Waals surface area (Å²) in [4.78, 5) is 25.6. The lowest BCUT2D eigenvalue weighted by molar-refractivity contribution is -0.147. The molecule has 0 aliphatic carbocycles. The van der Waals surface area contributed by atoms with Crippen molar-refractivity contribution in [3.05, 3.63) is 23.8 Å². The van der Waals surface area contributed by atoms with Crippen molar-refractivity contribution in [2.75, 3.05) is 20.8 Å². The van der Waals surface area contributed by atoms with Gasteiger partial charge in [0.25, 0.3) is 0 Å². The number of rotatable bonds is 12. The summed E-state index contributed by atoms with van der Waals surface area (Å²) in [5, 5.41) is 0. The molecule has 0 saturated heterocycles. The lowest BCUT2D eigenvalue weighted by Gasteiger charge is -2.18. The van der Waals surface area contributed by atoms with E-state index < -0.39 is 11.9 Å². The molecule has 0 heterocycles. The molecule has 0 aliphatic rings. The Balaban J connectivity index is 0.00000326. The summed E-state index contributed by atoms with van der Waals surface area (Å²) in [7, 11) is 3.60. The smallest absolute Gasteiger partial charge is 0.316 e. The van der Waals surface area contributed by atoms with E-state index in [1.165, 1.54) is 14.2 Å². The van der Waals surface area contributed by atoms with Gasteiger partial charge in [-0.3, -0.25) is 9.59 Å². The monoisotopic (exact) mass is 400 g/mol. The van der Waals surface area contributed by atoms with Crippen molar-refractivity contribution in [3.63, 3.8) is 0 Å². The van der Waals surface area contributed by atoms with Gasteiger partial charge in [0.15, 0.2) is 5.78 Å². The summed E-state index contributed by atoms with van der Waals surface area (Å²) in [6.45, 7) is 4.47. The average Bonchev–Trinajstić information content (AvgIpc) is 2.72. The Morgan fingerprint density at radius 1 is 0.963 bits per heavy atom. The van der Waals surface area contributed by atoms with Crippen LogP contribution in [0.5, 0.6) is 11.5 Å². The third-order valence-electron chi connectivity index (χ3n) is 4.11. The van der Waals surface area contributed by atoms with Crippen molar-refractivity contribution < 1.29 is 28.4 Å². The number of unbranched alkanes of at least 4 members (excludes halogenated alkanes) is 3. The highest BCUT2D eigenvalue weighted by atomic mass is 31.0. The zero-order valence-electron chi connectivity index (χ0n) is 16.9. The minimum absolute atomic E-state index is 0.303. The molecule has 1 aromatic carbocycles. The molecular weight excluding hydrogens is 367 g/mol. The van der Waals surface area contributed by atoms with E-state index in [0.29, 0.717) is 39.2 Å². The van der Waals surface area contributed by atoms with E-state index in [-0.39, 0.29) is 5.78 Å². The van der Waals surface area contributed by atoms with Crippen LogP contribution >= 0.6 is 9.12 Å². The molecular formula is C20H33O6P. The number of hydrogen-bond donors (Lipinski definition) is 0. The Bertz CT molecular complexity index is 553. The third-order valence-corrected chi connectivity index (χ3v) is 4.11. The predicted octanol–water partition coefficient (Wildman–Crippen LogP) is 4.37. The molecule has 0 radical (unpaired) electrons. The number of Topliss-reactive ketones (excluding diaryl/α,β-unsaturated/α-hetero) is 1. The summed E-state index contributed by atoms with van der Waals surface area (Å²) in [6, 6.07) is 5.14. The van der Waals surface area contributed by atoms with Crippen LogP contribution in [0.25, 0.3) is 0 Å². The van der Waals surface area contributed by atoms with Crippen LogP contribution < -0.4 is 9.47 Å². The summed E-state index contributed by atoms with van der Waals surface area (Å²) < 4.78 is 24.2. The highest BCUT2D eigenvalue weighted by Gasteiger charge is 2.32. The average molecular weight is 400 g/mol. The van der Waals surface area contributed by atoms with Crippen LogP contribution in [0.1, 0.15) is 62.7 Å². The van der Waals surface area contributed by atoms with Gasteiger partial charge in [0.1, 0.15) is 23.0 Å². The maximum atomic E-state index is 13.1. The molecule has 1 rings (SSSR count). The van der Waals surface area contributed by atoms with Gasteiger partial charge in [0.2, 0.25) is 0 Å². The van der Waals surface area contributed by atoms with Gasteiger partial charge >= 0.3 is 5.97 Å². The van der Waals surface area contributed by atoms with Gasteiger partial charge in [0, 0.05) is 0 Å². The molecule has 0 fully saturated rings. The number of ketones is 1. The van der Waals surface area contributed by atoms with E-state index in [0.717, 1.165) is 32.1 Å². The molecule has 154 valence electrons. The van der Waals surface area contributed by atoms with E-state index >= 15 is 0 Å². The maximum absolute atomic E-state index is 13.1. The number of benzene rings is 1. The first-order valence-corrected chi connectivity index (χ1v) is 9.89. The fourth-order valence-corrected chi connectivity index (χ4v) is 2.66. The molecule has 0 spiro atoms. The predicted molar refractivity (Wildman–Crippen MR) is 109 cm³/mol. The van der Waals surface area contributed by atoms with Crippen LogP contribution in [-0.2, 0) is 14.1 Å². The summed E-state index contributed by atoms with van der Waals surface area (Å²) in [5.74, 6) is -0.771. The number of esters is 1. The zero-order chi connectivity index (χ0) is 20.7. The van der Waals surface area contributed by atoms with Gasteiger partial charge < -0.3 is 18.8 Å². The fourth-order valence-electron chi connectivity index (χ4n) is 2.66. The van der Waals surface area contributed by atoms with E-state index in [9.17, 15) is 9.59 Å². The second-order valence-corrected chi connectivity index (χ2v) is 5.97. The zero-order valence-corrected chi connectivity index (χ0v) is 18.3. The Morgan fingerprint density at radius 2 is 1.52 bits per heavy atom. The van der Waals surface area contributed by atoms with Crippen LogP contribution in [0.2, 0.25) is 0 Å². The number of methoxy groups -OCH3 is 2. The molecule has 6 nitrogen and oxygen atoms in total. The van der Waals surface area contributed by atoms with Crippen molar-refractivity contribution in [1.82, 2.24) is 0 Å². The van der Waals surface area contributed by atoms with Gasteiger partial charge in [-0.2, -0.15) is 0 Å². The lowest BCUT2D eigenvalue weighted by atomic mass is 9.91. The summed E-state index contributed by atoms with van der Waals surface area (Å²) in [5.41, 5.74) is 0.305. The second kappa shape index (κ2) is 15.3. The minimum Gasteiger partial charge on any atom is -0.496 e. The van der Waals surface area contributed by atoms with Gasteiger partial charge in [-0.25, -0.2) is 0 Å². The van der Waals surface area contributed by atoms with Crippen molar-refractivity contribution in [1.29, 1.82) is 0 Å². The van der Waals surface area contributed by atoms with Gasteiger partial charge in [0.05, 0.1) is 29.9 Å². The third kappa shape index (κ3) is 8.17. The van der Waals surface area contributed by atoms with Crippen molar-refractivity contribution in [3.8, 4) is 11.5 Å². The molecule has 7 heteroatoms. The molecule has 0 saturated carbocycles. The van der Waals surface area contributed by atoms with Gasteiger partial charge in [-0.05, 0) is 25.0 Å². The van der Waals surface area contributed by atoms with Crippen molar-refractivity contribution in [2.24, 2.45) is 5.92 Å². The molecule has 0 bridgehead atoms. The molecule has 27 heavy (non-hydrogen) atoms. The topological polar surface area (TPSA) is 78.9 Å². The Kier molecular flexibility index (Phi) is 14.2. The standard InChI is InChI=1S/C20H30O5.H3OP/c1-5-7-9-14-25-20(22)15(11-8-6-2)19(21)18-16(23-3)12-10-13-17(18)24-4;1-2/h10,12-13,15H,5-9,11,14H2,1-4H3;2H3. The lowest BCUT2D eigenvalue weighted by Crippen LogP contribution is -2.27. The van der Waals surface area contributed by atoms with E-state index in [2.05, 4.69) is 6.92 Å². The Labute approximate surface area is 164 Å². The van der Waals surface area contributed by atoms with Crippen molar-refractivity contribution >= 4 is 20.9 Å². The first kappa shape index (κ1) is 25.2. The molecule has 2 atom stereocenters. The quantitative estimate of drug-likeness (QED) is 0.170. The van der Waals surface area contributed by atoms with Crippen LogP contribution in [-0.4, -0.2) is 32.6 Å². The van der Waals surface area contributed by atoms with Gasteiger partial charge in [-0.15, -0.1) is 0 Å². The highest BCUT2D eigenvalue weighted by molar-refractivity contribution is 7.00. The van der Waals surface area contributed by atoms with Crippen LogP contribution in [0.4, 0.5) is 0 Å². The normalized spacial score (nSPS) is 11.1. The minimum atomic E-state index is -0.827. The summed E-state index contributed by atoms with van der Waals surface area (Å²) in [6.07, 6.45) is 5.00. The number of carbonyl (C=O) groups is 2. The highest BCUT2D eigenvalue weighted by Crippen LogP contribution is 2.32. The van der Waals surface area contributed by atoms with Crippen LogP contribution in [0, 0.1) is 5.92 Å². The molecule has 0 amide bonds. The number of ether oxygens (including phenoxy) is 3. The maximum Gasteiger partial charge on any atom is 0.316 e. The SMILES string of the molecule is CCCCCOC(=O)C(CCCC)C(=O)c1c(OC)cccc1OC.O=[PH3]. The first-order chi connectivity index (χ1) is 13.1. The molecule has 0 aromatic heterocycles. The molecule has 0 N–H and O–H groups in total. The molecule has 1 aromatic rings. The fraction of sp³-hybridized carbons (Fsp3) is 0.600. The Morgan fingerprint density at radius 3 is 2.00 bits per heavy atom. The molecule has 2 unspecified atom stereocenters. The van der Waals surface area contributed by atoms with Gasteiger partial charge in [-0.1, -0.05) is 45.6 Å². The van der Waals surface area contributed by atoms with E-state index in [4.69, 9.17) is 18.8 Å². The number of hydrogen-bond acceptors (Lipinski definition) is 6. The first-order valence-electron chi connectivity index (χ1n) is 9.31. The van der Waals surface area contributed by atoms with Crippen LogP contribution in [0.15, 0.2) is 18.2 Å². The summed E-state index contributed by atoms with van der Waals surface area (Å²) >= 11 is 0. The largest absolute Gasteiger partial charge is 0.496 e. The Hall–Kier alpha value is -1.81. The van der Waals surface area contributed by atoms with E-state index in [1.807, 2.05) is 6.92 Å².